The Morgan fingerprint density at radius 2 is 1.25 bits per heavy atom. The van der Waals surface area contributed by atoms with Crippen LogP contribution in [0.15, 0.2) is 17.0 Å². The highest BCUT2D eigenvalue weighted by molar-refractivity contribution is 7.85. The van der Waals surface area contributed by atoms with E-state index in [0.29, 0.717) is 5.92 Å². The van der Waals surface area contributed by atoms with Crippen molar-refractivity contribution in [3.63, 3.8) is 0 Å². The fourth-order valence-corrected chi connectivity index (χ4v) is 4.72. The number of rotatable bonds is 14. The molecule has 0 amide bonds. The maximum absolute atomic E-state index is 12.0. The SMILES string of the molecule is CCCCc1c(C(CCCC)CCCC)ccc(S(=O)(=O)O)c1CCCC.N. The first-order valence-corrected chi connectivity index (χ1v) is 12.5. The molecule has 0 aliphatic carbocycles. The van der Waals surface area contributed by atoms with Crippen LogP contribution in [0.1, 0.15) is 115 Å². The Hall–Kier alpha value is -0.910. The van der Waals surface area contributed by atoms with E-state index in [4.69, 9.17) is 0 Å². The normalized spacial score (nSPS) is 11.6. The Labute approximate surface area is 173 Å². The van der Waals surface area contributed by atoms with Gasteiger partial charge >= 0.3 is 0 Å². The number of benzene rings is 1. The maximum atomic E-state index is 12.0. The predicted octanol–water partition coefficient (Wildman–Crippen LogP) is 7.24. The molecule has 0 unspecified atom stereocenters. The Balaban J connectivity index is 0.00000729. The van der Waals surface area contributed by atoms with E-state index >= 15 is 0 Å². The largest absolute Gasteiger partial charge is 0.344 e. The first-order chi connectivity index (χ1) is 12.9. The molecule has 0 aliphatic rings. The van der Waals surface area contributed by atoms with Crippen LogP contribution in [0.25, 0.3) is 0 Å². The average Bonchev–Trinajstić information content (AvgIpc) is 2.63. The molecule has 4 nitrogen and oxygen atoms in total. The fourth-order valence-electron chi connectivity index (χ4n) is 3.95. The van der Waals surface area contributed by atoms with Gasteiger partial charge in [0.25, 0.3) is 10.1 Å². The molecule has 0 heterocycles. The van der Waals surface area contributed by atoms with E-state index in [0.717, 1.165) is 56.9 Å². The number of hydrogen-bond acceptors (Lipinski definition) is 3. The van der Waals surface area contributed by atoms with Crippen molar-refractivity contribution >= 4 is 10.1 Å². The van der Waals surface area contributed by atoms with E-state index < -0.39 is 10.1 Å². The zero-order valence-electron chi connectivity index (χ0n) is 18.6. The van der Waals surface area contributed by atoms with Gasteiger partial charge in [0.05, 0.1) is 4.90 Å². The number of hydrogen-bond donors (Lipinski definition) is 2. The topological polar surface area (TPSA) is 89.4 Å². The summed E-state index contributed by atoms with van der Waals surface area (Å²) in [6.07, 6.45) is 12.8. The molecule has 0 saturated heterocycles. The van der Waals surface area contributed by atoms with E-state index in [2.05, 4.69) is 27.7 Å². The molecule has 164 valence electrons. The van der Waals surface area contributed by atoms with Crippen LogP contribution in [0.4, 0.5) is 0 Å². The minimum Gasteiger partial charge on any atom is -0.344 e. The minimum atomic E-state index is -4.19. The standard InChI is InChI=1S/C23H40O3S.H3N/c1-5-9-13-19(14-10-6-2)20-17-18-23(27(24,25)26)22(16-12-8-4)21(20)15-11-7-3;/h17-19H,5-16H2,1-4H3,(H,24,25,26);1H3. The van der Waals surface area contributed by atoms with Crippen molar-refractivity contribution in [2.45, 2.75) is 116 Å². The third-order valence-corrected chi connectivity index (χ3v) is 6.45. The first-order valence-electron chi connectivity index (χ1n) is 11.0. The summed E-state index contributed by atoms with van der Waals surface area (Å²) in [5, 5.41) is 0. The molecule has 1 aromatic carbocycles. The van der Waals surface area contributed by atoms with Crippen LogP contribution < -0.4 is 6.15 Å². The highest BCUT2D eigenvalue weighted by atomic mass is 32.2. The zero-order chi connectivity index (χ0) is 20.3. The summed E-state index contributed by atoms with van der Waals surface area (Å²) < 4.78 is 33.9. The molecular weight excluding hydrogens is 370 g/mol. The monoisotopic (exact) mass is 413 g/mol. The minimum absolute atomic E-state index is 0. The lowest BCUT2D eigenvalue weighted by Crippen LogP contribution is -2.12. The van der Waals surface area contributed by atoms with Crippen molar-refractivity contribution in [1.82, 2.24) is 6.15 Å². The van der Waals surface area contributed by atoms with Crippen molar-refractivity contribution in [3.05, 3.63) is 28.8 Å². The van der Waals surface area contributed by atoms with Crippen LogP contribution in [-0.4, -0.2) is 13.0 Å². The third-order valence-electron chi connectivity index (χ3n) is 5.52. The lowest BCUT2D eigenvalue weighted by atomic mass is 9.82. The van der Waals surface area contributed by atoms with Crippen molar-refractivity contribution in [1.29, 1.82) is 0 Å². The van der Waals surface area contributed by atoms with Gasteiger partial charge in [0.2, 0.25) is 0 Å². The molecule has 0 saturated carbocycles. The van der Waals surface area contributed by atoms with Gasteiger partial charge in [-0.1, -0.05) is 72.3 Å². The van der Waals surface area contributed by atoms with E-state index in [1.165, 1.54) is 36.8 Å². The van der Waals surface area contributed by atoms with Gasteiger partial charge in [0.1, 0.15) is 0 Å². The molecule has 5 heteroatoms. The summed E-state index contributed by atoms with van der Waals surface area (Å²) in [7, 11) is -4.19. The van der Waals surface area contributed by atoms with Crippen LogP contribution in [0.2, 0.25) is 0 Å². The summed E-state index contributed by atoms with van der Waals surface area (Å²) in [6, 6.07) is 3.66. The van der Waals surface area contributed by atoms with Crippen molar-refractivity contribution in [2.24, 2.45) is 0 Å². The smallest absolute Gasteiger partial charge is 0.294 e. The van der Waals surface area contributed by atoms with Gasteiger partial charge in [-0.3, -0.25) is 4.55 Å². The molecule has 0 fully saturated rings. The summed E-state index contributed by atoms with van der Waals surface area (Å²) in [6.45, 7) is 8.74. The Morgan fingerprint density at radius 1 is 0.786 bits per heavy atom. The number of unbranched alkanes of at least 4 members (excludes halogenated alkanes) is 4. The molecule has 0 aliphatic heterocycles. The average molecular weight is 414 g/mol. The maximum Gasteiger partial charge on any atom is 0.294 e. The second kappa shape index (κ2) is 14.1. The molecular formula is C23H43NO3S. The lowest BCUT2D eigenvalue weighted by molar-refractivity contribution is 0.480. The van der Waals surface area contributed by atoms with Gasteiger partial charge in [-0.05, 0) is 67.2 Å². The van der Waals surface area contributed by atoms with Gasteiger partial charge in [-0.2, -0.15) is 8.42 Å². The van der Waals surface area contributed by atoms with Gasteiger partial charge in [0, 0.05) is 0 Å². The second-order valence-electron chi connectivity index (χ2n) is 7.77. The van der Waals surface area contributed by atoms with Crippen molar-refractivity contribution < 1.29 is 13.0 Å². The zero-order valence-corrected chi connectivity index (χ0v) is 19.4. The Morgan fingerprint density at radius 3 is 1.68 bits per heavy atom. The molecule has 1 rings (SSSR count). The quantitative estimate of drug-likeness (QED) is 0.314. The third kappa shape index (κ3) is 8.22. The van der Waals surface area contributed by atoms with Crippen LogP contribution in [0.5, 0.6) is 0 Å². The van der Waals surface area contributed by atoms with Crippen molar-refractivity contribution in [2.75, 3.05) is 0 Å². The lowest BCUT2D eigenvalue weighted by Gasteiger charge is -2.24. The molecule has 1 aromatic rings. The highest BCUT2D eigenvalue weighted by Crippen LogP contribution is 2.35. The summed E-state index contributed by atoms with van der Waals surface area (Å²) in [5.41, 5.74) is 3.42. The van der Waals surface area contributed by atoms with Crippen molar-refractivity contribution in [3.8, 4) is 0 Å². The van der Waals surface area contributed by atoms with E-state index in [1.54, 1.807) is 6.07 Å². The van der Waals surface area contributed by atoms with Crippen LogP contribution in [-0.2, 0) is 23.0 Å². The highest BCUT2D eigenvalue weighted by Gasteiger charge is 2.23. The van der Waals surface area contributed by atoms with Gasteiger partial charge in [-0.15, -0.1) is 0 Å². The van der Waals surface area contributed by atoms with Crippen LogP contribution >= 0.6 is 0 Å². The van der Waals surface area contributed by atoms with Crippen LogP contribution in [0.3, 0.4) is 0 Å². The van der Waals surface area contributed by atoms with Gasteiger partial charge in [-0.25, -0.2) is 0 Å². The molecule has 0 aromatic heterocycles. The first kappa shape index (κ1) is 27.1. The molecule has 28 heavy (non-hydrogen) atoms. The van der Waals surface area contributed by atoms with E-state index in [1.807, 2.05) is 6.07 Å². The Bertz CT molecular complexity index is 648. The predicted molar refractivity (Wildman–Crippen MR) is 120 cm³/mol. The fraction of sp³-hybridized carbons (Fsp3) is 0.739. The molecule has 4 N–H and O–H groups in total. The van der Waals surface area contributed by atoms with E-state index in [9.17, 15) is 13.0 Å². The summed E-state index contributed by atoms with van der Waals surface area (Å²) in [5.74, 6) is 0.493. The summed E-state index contributed by atoms with van der Waals surface area (Å²) in [4.78, 5) is 0.135. The summed E-state index contributed by atoms with van der Waals surface area (Å²) >= 11 is 0. The van der Waals surface area contributed by atoms with E-state index in [-0.39, 0.29) is 11.0 Å². The van der Waals surface area contributed by atoms with Crippen LogP contribution in [0, 0.1) is 0 Å². The van der Waals surface area contributed by atoms with Gasteiger partial charge < -0.3 is 6.15 Å². The molecule has 0 bridgehead atoms. The molecule has 0 radical (unpaired) electrons. The van der Waals surface area contributed by atoms with Gasteiger partial charge in [0.15, 0.2) is 0 Å². The molecule has 0 spiro atoms. The second-order valence-corrected chi connectivity index (χ2v) is 9.16. The Kier molecular flexibility index (Phi) is 13.7. The molecule has 0 atom stereocenters.